The second-order valence-corrected chi connectivity index (χ2v) is 12.7. The van der Waals surface area contributed by atoms with Crippen LogP contribution in [0.25, 0.3) is 12.2 Å². The first-order chi connectivity index (χ1) is 20.1. The average molecular weight is 661 g/mol. The maximum Gasteiger partial charge on any atom is 1.00 e. The van der Waals surface area contributed by atoms with Crippen LogP contribution in [0.1, 0.15) is 11.1 Å². The maximum atomic E-state index is 11.9. The van der Waals surface area contributed by atoms with Crippen LogP contribution in [0.5, 0.6) is 0 Å². The summed E-state index contributed by atoms with van der Waals surface area (Å²) in [5.74, 6) is 0. The molecule has 0 spiro atoms. The normalized spacial score (nSPS) is 12.1. The number of nitrogens with zero attached hydrogens (tertiary/aromatic N) is 4. The van der Waals surface area contributed by atoms with E-state index in [1.807, 2.05) is 0 Å². The van der Waals surface area contributed by atoms with Crippen molar-refractivity contribution in [2.75, 3.05) is 5.73 Å². The molecule has 4 rings (SSSR count). The molecule has 20 heteroatoms. The van der Waals surface area contributed by atoms with Crippen LogP contribution in [-0.2, 0) is 30.4 Å². The molecule has 222 valence electrons. The third kappa shape index (κ3) is 11.4. The molecule has 2 N–H and O–H groups in total. The molecule has 0 saturated carbocycles. The molecular weight excluding hydrogens is 643 g/mol. The van der Waals surface area contributed by atoms with Crippen LogP contribution in [0, 0.1) is 0 Å². The molecule has 0 atom stereocenters. The van der Waals surface area contributed by atoms with E-state index in [1.54, 1.807) is 12.1 Å². The number of anilines is 1. The molecular formula is C26H18Li3N5O9S3. The molecule has 0 saturated heterocycles. The van der Waals surface area contributed by atoms with Gasteiger partial charge in [0, 0.05) is 5.69 Å². The number of nitrogen functional groups attached to an aromatic ring is 1. The Balaban J connectivity index is 0.00000353. The van der Waals surface area contributed by atoms with Crippen molar-refractivity contribution in [2.24, 2.45) is 20.5 Å². The van der Waals surface area contributed by atoms with Gasteiger partial charge in [-0.25, -0.2) is 25.3 Å². The van der Waals surface area contributed by atoms with Gasteiger partial charge in [0.1, 0.15) is 30.4 Å². The maximum absolute atomic E-state index is 11.9. The Morgan fingerprint density at radius 2 is 0.826 bits per heavy atom. The van der Waals surface area contributed by atoms with E-state index in [0.717, 1.165) is 24.3 Å². The van der Waals surface area contributed by atoms with E-state index in [4.69, 9.17) is 5.73 Å². The van der Waals surface area contributed by atoms with E-state index in [1.165, 1.54) is 60.7 Å². The van der Waals surface area contributed by atoms with E-state index in [-0.39, 0.29) is 79.1 Å². The zero-order valence-electron chi connectivity index (χ0n) is 24.5. The van der Waals surface area contributed by atoms with Gasteiger partial charge in [0.05, 0.1) is 37.4 Å². The minimum absolute atomic E-state index is 0. The summed E-state index contributed by atoms with van der Waals surface area (Å²) in [4.78, 5) is -1.66. The fraction of sp³-hybridized carbons (Fsp3) is 0. The molecule has 0 bridgehead atoms. The van der Waals surface area contributed by atoms with Gasteiger partial charge in [-0.3, -0.25) is 0 Å². The number of benzene rings is 4. The van der Waals surface area contributed by atoms with Crippen LogP contribution in [0.15, 0.2) is 120 Å². The van der Waals surface area contributed by atoms with Crippen LogP contribution >= 0.6 is 0 Å². The summed E-state index contributed by atoms with van der Waals surface area (Å²) in [5.41, 5.74) is 6.53. The fourth-order valence-corrected chi connectivity index (χ4v) is 5.38. The molecule has 0 aliphatic heterocycles. The van der Waals surface area contributed by atoms with Gasteiger partial charge in [0.25, 0.3) is 0 Å². The third-order valence-corrected chi connectivity index (χ3v) is 8.19. The van der Waals surface area contributed by atoms with E-state index >= 15 is 0 Å². The van der Waals surface area contributed by atoms with Crippen LogP contribution < -0.4 is 62.3 Å². The van der Waals surface area contributed by atoms with Crippen LogP contribution in [0.3, 0.4) is 0 Å². The Hall–Kier alpha value is -2.86. The molecule has 4 aromatic carbocycles. The molecule has 4 aromatic rings. The summed E-state index contributed by atoms with van der Waals surface area (Å²) in [6.07, 6.45) is 2.33. The molecule has 46 heavy (non-hydrogen) atoms. The van der Waals surface area contributed by atoms with Crippen molar-refractivity contribution in [3.05, 3.63) is 96.1 Å². The standard InChI is InChI=1S/C26H21N5O9S3.3Li/c27-19-5-3-17(25(15-19)42(35,36)37)1-2-18-4-6-23(16-26(18)43(38,39)40)31-30-21-9-7-20(8-10-21)28-29-22-11-13-24(14-12-22)41(32,33)34;;;/h1-16H,27H2,(H,32,33,34)(H,35,36,37)(H,38,39,40);;;/q;3*+1/p-3/b2-1+,29-28?,31-30?;;;. The average Bonchev–Trinajstić information content (AvgIpc) is 2.94. The Morgan fingerprint density at radius 1 is 0.478 bits per heavy atom. The summed E-state index contributed by atoms with van der Waals surface area (Å²) in [6.45, 7) is 0. The van der Waals surface area contributed by atoms with Crippen molar-refractivity contribution in [1.29, 1.82) is 0 Å². The molecule has 0 unspecified atom stereocenters. The minimum atomic E-state index is -5.00. The fourth-order valence-electron chi connectivity index (χ4n) is 3.52. The zero-order valence-corrected chi connectivity index (χ0v) is 27.0. The smallest absolute Gasteiger partial charge is 0.744 e. The van der Waals surface area contributed by atoms with Gasteiger partial charge in [-0.05, 0) is 83.9 Å². The number of rotatable bonds is 9. The molecule has 14 nitrogen and oxygen atoms in total. The van der Waals surface area contributed by atoms with Gasteiger partial charge in [0.2, 0.25) is 0 Å². The topological polar surface area (TPSA) is 247 Å². The molecule has 0 amide bonds. The van der Waals surface area contributed by atoms with Gasteiger partial charge in [-0.2, -0.15) is 20.5 Å². The first-order valence-electron chi connectivity index (χ1n) is 11.7. The second-order valence-electron chi connectivity index (χ2n) is 8.63. The Labute approximate surface area is 301 Å². The van der Waals surface area contributed by atoms with Gasteiger partial charge in [0.15, 0.2) is 0 Å². The summed E-state index contributed by atoms with van der Waals surface area (Å²) < 4.78 is 104. The number of hydrogen-bond donors (Lipinski definition) is 1. The molecule has 0 radical (unpaired) electrons. The van der Waals surface area contributed by atoms with Gasteiger partial charge in [-0.15, -0.1) is 0 Å². The molecule has 0 heterocycles. The van der Waals surface area contributed by atoms with Crippen molar-refractivity contribution < 1.29 is 95.5 Å². The minimum Gasteiger partial charge on any atom is -0.744 e. The Morgan fingerprint density at radius 3 is 1.24 bits per heavy atom. The van der Waals surface area contributed by atoms with E-state index < -0.39 is 45.0 Å². The third-order valence-electron chi connectivity index (χ3n) is 5.55. The summed E-state index contributed by atoms with van der Waals surface area (Å²) >= 11 is 0. The van der Waals surface area contributed by atoms with Crippen molar-refractivity contribution in [3.63, 3.8) is 0 Å². The van der Waals surface area contributed by atoms with Gasteiger partial charge in [-0.1, -0.05) is 24.3 Å². The van der Waals surface area contributed by atoms with Crippen LogP contribution in [0.2, 0.25) is 0 Å². The number of azo groups is 2. The Bertz CT molecular complexity index is 2110. The van der Waals surface area contributed by atoms with E-state index in [0.29, 0.717) is 17.1 Å². The SMILES string of the molecule is Nc1ccc(/C=C/c2ccc(N=Nc3ccc(N=Nc4ccc(S(=O)(=O)[O-])cc4)cc3)cc2S(=O)(=O)[O-])c(S(=O)(=O)[O-])c1.[Li+].[Li+].[Li+]. The van der Waals surface area contributed by atoms with Crippen molar-refractivity contribution in [3.8, 4) is 0 Å². The second kappa shape index (κ2) is 16.8. The molecule has 0 aliphatic rings. The Kier molecular flexibility index (Phi) is 15.0. The van der Waals surface area contributed by atoms with Gasteiger partial charge < -0.3 is 19.4 Å². The van der Waals surface area contributed by atoms with Crippen molar-refractivity contribution >= 4 is 70.9 Å². The summed E-state index contributed by atoms with van der Waals surface area (Å²) in [6, 6.07) is 18.2. The number of nitrogens with two attached hydrogens (primary N) is 1. The van der Waals surface area contributed by atoms with E-state index in [9.17, 15) is 38.9 Å². The van der Waals surface area contributed by atoms with E-state index in [2.05, 4.69) is 20.5 Å². The quantitative estimate of drug-likeness (QED) is 0.0598. The summed E-state index contributed by atoms with van der Waals surface area (Å²) in [7, 11) is -14.5. The molecule has 0 aliphatic carbocycles. The van der Waals surface area contributed by atoms with Crippen molar-refractivity contribution in [2.45, 2.75) is 14.7 Å². The van der Waals surface area contributed by atoms with Gasteiger partial charge >= 0.3 is 56.6 Å². The van der Waals surface area contributed by atoms with Crippen LogP contribution in [0.4, 0.5) is 28.4 Å². The predicted octanol–water partition coefficient (Wildman–Crippen LogP) is -4.01. The van der Waals surface area contributed by atoms with Crippen molar-refractivity contribution in [1.82, 2.24) is 0 Å². The number of hydrogen-bond acceptors (Lipinski definition) is 14. The largest absolute Gasteiger partial charge is 1.00 e. The monoisotopic (exact) mass is 661 g/mol. The zero-order chi connectivity index (χ0) is 31.4. The molecule has 0 fully saturated rings. The predicted molar refractivity (Wildman–Crippen MR) is 151 cm³/mol. The first-order valence-corrected chi connectivity index (χ1v) is 15.9. The van der Waals surface area contributed by atoms with Crippen LogP contribution in [-0.4, -0.2) is 38.9 Å². The first kappa shape index (κ1) is 41.2. The molecule has 0 aromatic heterocycles. The summed E-state index contributed by atoms with van der Waals surface area (Å²) in [5, 5.41) is 15.9.